The Hall–Kier alpha value is -1.85. The molecular formula is C11H17N3O3. The molecule has 3 N–H and O–H groups in total. The molecule has 0 bridgehead atoms. The van der Waals surface area contributed by atoms with Crippen LogP contribution in [0.15, 0.2) is 12.5 Å². The van der Waals surface area contributed by atoms with Crippen LogP contribution < -0.4 is 5.32 Å². The molecule has 17 heavy (non-hydrogen) atoms. The van der Waals surface area contributed by atoms with Gasteiger partial charge in [0, 0.05) is 24.7 Å². The summed E-state index contributed by atoms with van der Waals surface area (Å²) in [4.78, 5) is 29.0. The quantitative estimate of drug-likeness (QED) is 0.653. The normalized spacial score (nSPS) is 12.1. The number of rotatable bonds is 7. The number of hydrogen-bond acceptors (Lipinski definition) is 3. The zero-order valence-electron chi connectivity index (χ0n) is 9.77. The van der Waals surface area contributed by atoms with Gasteiger partial charge in [0.2, 0.25) is 5.91 Å². The van der Waals surface area contributed by atoms with Gasteiger partial charge in [0.15, 0.2) is 0 Å². The maximum Gasteiger partial charge on any atom is 0.326 e. The van der Waals surface area contributed by atoms with Gasteiger partial charge in [0.05, 0.1) is 6.33 Å². The molecule has 0 fully saturated rings. The number of hydrogen-bond donors (Lipinski definition) is 3. The first-order chi connectivity index (χ1) is 8.13. The SMILES string of the molecule is CCCCC(=O)N[C@H](Cc1cnc[nH]1)C(=O)O. The molecule has 1 aromatic rings. The van der Waals surface area contributed by atoms with E-state index in [4.69, 9.17) is 5.11 Å². The molecule has 6 heteroatoms. The highest BCUT2D eigenvalue weighted by Gasteiger charge is 2.20. The average molecular weight is 239 g/mol. The van der Waals surface area contributed by atoms with Crippen LogP contribution in [0.5, 0.6) is 0 Å². The van der Waals surface area contributed by atoms with Gasteiger partial charge in [0.1, 0.15) is 6.04 Å². The molecular weight excluding hydrogens is 222 g/mol. The second kappa shape index (κ2) is 6.67. The Labute approximate surface area is 99.4 Å². The van der Waals surface area contributed by atoms with Gasteiger partial charge < -0.3 is 15.4 Å². The van der Waals surface area contributed by atoms with Gasteiger partial charge in [0.25, 0.3) is 0 Å². The fourth-order valence-electron chi connectivity index (χ4n) is 1.42. The molecule has 6 nitrogen and oxygen atoms in total. The molecule has 0 radical (unpaired) electrons. The van der Waals surface area contributed by atoms with Crippen molar-refractivity contribution >= 4 is 11.9 Å². The number of nitrogens with zero attached hydrogens (tertiary/aromatic N) is 1. The van der Waals surface area contributed by atoms with Crippen LogP contribution in [0.4, 0.5) is 0 Å². The van der Waals surface area contributed by atoms with Crippen LogP contribution in [0.25, 0.3) is 0 Å². The number of imidazole rings is 1. The Morgan fingerprint density at radius 2 is 2.35 bits per heavy atom. The van der Waals surface area contributed by atoms with Gasteiger partial charge in [-0.05, 0) is 6.42 Å². The van der Waals surface area contributed by atoms with E-state index in [1.165, 1.54) is 6.33 Å². The predicted octanol–water partition coefficient (Wildman–Crippen LogP) is 0.712. The van der Waals surface area contributed by atoms with E-state index in [-0.39, 0.29) is 12.3 Å². The number of carbonyl (C=O) groups is 2. The first kappa shape index (κ1) is 13.2. The molecule has 0 spiro atoms. The highest BCUT2D eigenvalue weighted by Crippen LogP contribution is 2.01. The average Bonchev–Trinajstić information content (AvgIpc) is 2.78. The van der Waals surface area contributed by atoms with Gasteiger partial charge in [-0.25, -0.2) is 9.78 Å². The molecule has 1 aromatic heterocycles. The summed E-state index contributed by atoms with van der Waals surface area (Å²) in [5, 5.41) is 11.5. The van der Waals surface area contributed by atoms with Gasteiger partial charge >= 0.3 is 5.97 Å². The number of aromatic nitrogens is 2. The monoisotopic (exact) mass is 239 g/mol. The summed E-state index contributed by atoms with van der Waals surface area (Å²) in [6.45, 7) is 1.98. The maximum atomic E-state index is 11.4. The number of nitrogens with one attached hydrogen (secondary N) is 2. The molecule has 0 aliphatic carbocycles. The number of carboxylic acids is 1. The second-order valence-electron chi connectivity index (χ2n) is 3.84. The van der Waals surface area contributed by atoms with E-state index in [1.807, 2.05) is 6.92 Å². The number of aromatic amines is 1. The number of unbranched alkanes of at least 4 members (excludes halogenated alkanes) is 1. The third kappa shape index (κ3) is 4.67. The Morgan fingerprint density at radius 3 is 2.88 bits per heavy atom. The molecule has 0 unspecified atom stereocenters. The zero-order chi connectivity index (χ0) is 12.7. The fraction of sp³-hybridized carbons (Fsp3) is 0.545. The first-order valence-electron chi connectivity index (χ1n) is 5.63. The molecule has 1 atom stereocenters. The van der Waals surface area contributed by atoms with Crippen molar-refractivity contribution in [1.29, 1.82) is 0 Å². The van der Waals surface area contributed by atoms with Crippen LogP contribution in [0.1, 0.15) is 31.9 Å². The molecule has 0 saturated carbocycles. The van der Waals surface area contributed by atoms with Crippen molar-refractivity contribution < 1.29 is 14.7 Å². The summed E-state index contributed by atoms with van der Waals surface area (Å²) >= 11 is 0. The molecule has 0 aliphatic rings. The summed E-state index contributed by atoms with van der Waals surface area (Å²) in [6.07, 6.45) is 5.28. The number of carboxylic acid groups (broad SMARTS) is 1. The Morgan fingerprint density at radius 1 is 1.59 bits per heavy atom. The van der Waals surface area contributed by atoms with Gasteiger partial charge in [-0.3, -0.25) is 4.79 Å². The maximum absolute atomic E-state index is 11.4. The predicted molar refractivity (Wildman–Crippen MR) is 61.4 cm³/mol. The first-order valence-corrected chi connectivity index (χ1v) is 5.63. The Balaban J connectivity index is 2.49. The minimum absolute atomic E-state index is 0.215. The number of aliphatic carboxylic acids is 1. The Kier molecular flexibility index (Phi) is 5.19. The Bertz CT molecular complexity index is 362. The number of carbonyl (C=O) groups excluding carboxylic acids is 1. The number of amides is 1. The van der Waals surface area contributed by atoms with Crippen molar-refractivity contribution in [2.75, 3.05) is 0 Å². The minimum Gasteiger partial charge on any atom is -0.480 e. The van der Waals surface area contributed by atoms with Gasteiger partial charge in [-0.1, -0.05) is 13.3 Å². The molecule has 0 aromatic carbocycles. The van der Waals surface area contributed by atoms with E-state index in [9.17, 15) is 9.59 Å². The largest absolute Gasteiger partial charge is 0.480 e. The van der Waals surface area contributed by atoms with E-state index >= 15 is 0 Å². The van der Waals surface area contributed by atoms with E-state index in [2.05, 4.69) is 15.3 Å². The zero-order valence-corrected chi connectivity index (χ0v) is 9.77. The lowest BCUT2D eigenvalue weighted by Gasteiger charge is -2.13. The van der Waals surface area contributed by atoms with Crippen LogP contribution in [0.2, 0.25) is 0 Å². The van der Waals surface area contributed by atoms with E-state index in [0.29, 0.717) is 12.1 Å². The van der Waals surface area contributed by atoms with Gasteiger partial charge in [-0.15, -0.1) is 0 Å². The minimum atomic E-state index is -1.04. The van der Waals surface area contributed by atoms with Crippen LogP contribution >= 0.6 is 0 Å². The topological polar surface area (TPSA) is 95.1 Å². The lowest BCUT2D eigenvalue weighted by atomic mass is 10.1. The molecule has 94 valence electrons. The van der Waals surface area contributed by atoms with Crippen molar-refractivity contribution in [3.63, 3.8) is 0 Å². The summed E-state index contributed by atoms with van der Waals surface area (Å²) in [5.41, 5.74) is 0.688. The lowest BCUT2D eigenvalue weighted by molar-refractivity contribution is -0.141. The fourth-order valence-corrected chi connectivity index (χ4v) is 1.42. The molecule has 0 aliphatic heterocycles. The standard InChI is InChI=1S/C11H17N3O3/c1-2-3-4-10(15)14-9(11(16)17)5-8-6-12-7-13-8/h6-7,9H,2-5H2,1H3,(H,12,13)(H,14,15)(H,16,17)/t9-/m1/s1. The summed E-state index contributed by atoms with van der Waals surface area (Å²) < 4.78 is 0. The van der Waals surface area contributed by atoms with E-state index in [0.717, 1.165) is 12.8 Å². The molecule has 1 amide bonds. The van der Waals surface area contributed by atoms with E-state index in [1.54, 1.807) is 6.20 Å². The summed E-state index contributed by atoms with van der Waals surface area (Å²) in [7, 11) is 0. The highest BCUT2D eigenvalue weighted by molar-refractivity contribution is 5.83. The summed E-state index contributed by atoms with van der Waals surface area (Å²) in [6, 6.07) is -0.903. The van der Waals surface area contributed by atoms with Crippen LogP contribution in [-0.4, -0.2) is 33.0 Å². The molecule has 1 rings (SSSR count). The smallest absolute Gasteiger partial charge is 0.326 e. The van der Waals surface area contributed by atoms with Crippen molar-refractivity contribution in [3.8, 4) is 0 Å². The summed E-state index contributed by atoms with van der Waals surface area (Å²) in [5.74, 6) is -1.26. The van der Waals surface area contributed by atoms with Crippen LogP contribution in [-0.2, 0) is 16.0 Å². The van der Waals surface area contributed by atoms with Crippen molar-refractivity contribution in [2.45, 2.75) is 38.6 Å². The van der Waals surface area contributed by atoms with Gasteiger partial charge in [-0.2, -0.15) is 0 Å². The van der Waals surface area contributed by atoms with Crippen LogP contribution in [0, 0.1) is 0 Å². The van der Waals surface area contributed by atoms with Crippen LogP contribution in [0.3, 0.4) is 0 Å². The lowest BCUT2D eigenvalue weighted by Crippen LogP contribution is -2.42. The van der Waals surface area contributed by atoms with Crippen molar-refractivity contribution in [3.05, 3.63) is 18.2 Å². The third-order valence-electron chi connectivity index (χ3n) is 2.37. The molecule has 0 saturated heterocycles. The molecule has 1 heterocycles. The second-order valence-corrected chi connectivity index (χ2v) is 3.84. The van der Waals surface area contributed by atoms with Crippen molar-refractivity contribution in [2.24, 2.45) is 0 Å². The highest BCUT2D eigenvalue weighted by atomic mass is 16.4. The van der Waals surface area contributed by atoms with E-state index < -0.39 is 12.0 Å². The number of H-pyrrole nitrogens is 1. The van der Waals surface area contributed by atoms with Crippen molar-refractivity contribution in [1.82, 2.24) is 15.3 Å². The third-order valence-corrected chi connectivity index (χ3v) is 2.37.